The molecule has 0 bridgehead atoms. The number of anilines is 1. The van der Waals surface area contributed by atoms with Crippen LogP contribution in [-0.2, 0) is 11.2 Å². The minimum Gasteiger partial charge on any atom is -0.300 e. The van der Waals surface area contributed by atoms with Gasteiger partial charge in [0.05, 0.1) is 12.5 Å². The van der Waals surface area contributed by atoms with Gasteiger partial charge in [0, 0.05) is 10.2 Å². The number of halogens is 1. The van der Waals surface area contributed by atoms with Crippen molar-refractivity contribution in [1.82, 2.24) is 0 Å². The third-order valence-corrected chi connectivity index (χ3v) is 5.19. The van der Waals surface area contributed by atoms with E-state index in [4.69, 9.17) is 0 Å². The van der Waals surface area contributed by atoms with Crippen molar-refractivity contribution < 1.29 is 4.79 Å². The van der Waals surface area contributed by atoms with Gasteiger partial charge in [-0.1, -0.05) is 70.0 Å². The van der Waals surface area contributed by atoms with Crippen LogP contribution in [0.5, 0.6) is 0 Å². The van der Waals surface area contributed by atoms with Gasteiger partial charge in [-0.25, -0.2) is 0 Å². The lowest BCUT2D eigenvalue weighted by Gasteiger charge is -2.37. The van der Waals surface area contributed by atoms with Gasteiger partial charge in [0.25, 0.3) is 0 Å². The number of hydrogen-bond acceptors (Lipinski definition) is 1. The zero-order chi connectivity index (χ0) is 17.4. The number of carbonyl (C=O) groups is 1. The quantitative estimate of drug-likeness (QED) is 0.569. The van der Waals surface area contributed by atoms with Crippen LogP contribution in [-0.4, -0.2) is 5.91 Å². The Kier molecular flexibility index (Phi) is 4.18. The predicted octanol–water partition coefficient (Wildman–Crippen LogP) is 5.44. The SMILES string of the molecule is Cc1ccc(N2C(=O)Cc3ccccc3[C@@H]2c2cccc(Br)c2)cc1. The van der Waals surface area contributed by atoms with E-state index in [1.807, 2.05) is 41.3 Å². The summed E-state index contributed by atoms with van der Waals surface area (Å²) >= 11 is 3.57. The number of aryl methyl sites for hydroxylation is 1. The van der Waals surface area contributed by atoms with Crippen molar-refractivity contribution in [3.63, 3.8) is 0 Å². The third kappa shape index (κ3) is 3.00. The molecule has 3 heteroatoms. The molecule has 0 spiro atoms. The van der Waals surface area contributed by atoms with E-state index in [9.17, 15) is 4.79 Å². The smallest absolute Gasteiger partial charge is 0.232 e. The molecule has 1 atom stereocenters. The molecule has 2 nitrogen and oxygen atoms in total. The van der Waals surface area contributed by atoms with Crippen molar-refractivity contribution in [1.29, 1.82) is 0 Å². The van der Waals surface area contributed by atoms with Crippen molar-refractivity contribution in [3.8, 4) is 0 Å². The van der Waals surface area contributed by atoms with Crippen LogP contribution < -0.4 is 4.90 Å². The summed E-state index contributed by atoms with van der Waals surface area (Å²) in [5, 5.41) is 0. The van der Waals surface area contributed by atoms with Crippen LogP contribution in [0.3, 0.4) is 0 Å². The van der Waals surface area contributed by atoms with Gasteiger partial charge in [0.1, 0.15) is 0 Å². The Bertz CT molecular complexity index is 933. The van der Waals surface area contributed by atoms with Crippen molar-refractivity contribution >= 4 is 27.5 Å². The largest absolute Gasteiger partial charge is 0.300 e. The zero-order valence-electron chi connectivity index (χ0n) is 13.9. The van der Waals surface area contributed by atoms with Crippen LogP contribution in [0.25, 0.3) is 0 Å². The molecule has 1 heterocycles. The number of benzene rings is 3. The molecule has 0 saturated heterocycles. The highest BCUT2D eigenvalue weighted by atomic mass is 79.9. The topological polar surface area (TPSA) is 20.3 Å². The molecule has 3 aromatic carbocycles. The normalized spacial score (nSPS) is 16.6. The van der Waals surface area contributed by atoms with Crippen LogP contribution in [0, 0.1) is 6.92 Å². The fraction of sp³-hybridized carbons (Fsp3) is 0.136. The van der Waals surface area contributed by atoms with Gasteiger partial charge in [-0.15, -0.1) is 0 Å². The first-order valence-corrected chi connectivity index (χ1v) is 9.15. The number of fused-ring (bicyclic) bond motifs is 1. The van der Waals surface area contributed by atoms with E-state index in [1.165, 1.54) is 11.1 Å². The molecular formula is C22H18BrNO. The highest BCUT2D eigenvalue weighted by molar-refractivity contribution is 9.10. The Balaban J connectivity index is 1.91. The first-order chi connectivity index (χ1) is 12.1. The Morgan fingerprint density at radius 1 is 0.960 bits per heavy atom. The fourth-order valence-electron chi connectivity index (χ4n) is 3.50. The molecular weight excluding hydrogens is 374 g/mol. The molecule has 4 rings (SSSR count). The van der Waals surface area contributed by atoms with Gasteiger partial charge in [-0.3, -0.25) is 4.79 Å². The van der Waals surface area contributed by atoms with Gasteiger partial charge in [0.2, 0.25) is 5.91 Å². The van der Waals surface area contributed by atoms with Gasteiger partial charge in [-0.2, -0.15) is 0 Å². The molecule has 1 amide bonds. The Morgan fingerprint density at radius 2 is 1.72 bits per heavy atom. The van der Waals surface area contributed by atoms with Crippen LogP contribution >= 0.6 is 15.9 Å². The molecule has 3 aromatic rings. The van der Waals surface area contributed by atoms with E-state index in [-0.39, 0.29) is 11.9 Å². The second kappa shape index (κ2) is 6.49. The summed E-state index contributed by atoms with van der Waals surface area (Å²) in [5.74, 6) is 0.132. The molecule has 124 valence electrons. The predicted molar refractivity (Wildman–Crippen MR) is 105 cm³/mol. The summed E-state index contributed by atoms with van der Waals surface area (Å²) in [4.78, 5) is 15.0. The number of nitrogens with zero attached hydrogens (tertiary/aromatic N) is 1. The number of rotatable bonds is 2. The van der Waals surface area contributed by atoms with Crippen molar-refractivity contribution in [2.75, 3.05) is 4.90 Å². The monoisotopic (exact) mass is 391 g/mol. The van der Waals surface area contributed by atoms with Crippen LogP contribution in [0.15, 0.2) is 77.3 Å². The van der Waals surface area contributed by atoms with Crippen LogP contribution in [0.4, 0.5) is 5.69 Å². The van der Waals surface area contributed by atoms with E-state index in [1.54, 1.807) is 0 Å². The van der Waals surface area contributed by atoms with Crippen LogP contribution in [0.1, 0.15) is 28.3 Å². The lowest BCUT2D eigenvalue weighted by molar-refractivity contribution is -0.118. The Morgan fingerprint density at radius 3 is 2.48 bits per heavy atom. The summed E-state index contributed by atoms with van der Waals surface area (Å²) in [5.41, 5.74) is 5.54. The lowest BCUT2D eigenvalue weighted by atomic mass is 9.87. The molecule has 0 radical (unpaired) electrons. The van der Waals surface area contributed by atoms with E-state index >= 15 is 0 Å². The lowest BCUT2D eigenvalue weighted by Crippen LogP contribution is -2.41. The fourth-order valence-corrected chi connectivity index (χ4v) is 3.91. The number of carbonyl (C=O) groups excluding carboxylic acids is 1. The van der Waals surface area contributed by atoms with Gasteiger partial charge in [0.15, 0.2) is 0 Å². The molecule has 0 aliphatic carbocycles. The molecule has 0 aromatic heterocycles. The average Bonchev–Trinajstić information content (AvgIpc) is 2.61. The Labute approximate surface area is 156 Å². The summed E-state index contributed by atoms with van der Waals surface area (Å²) < 4.78 is 1.02. The van der Waals surface area contributed by atoms with Crippen LogP contribution in [0.2, 0.25) is 0 Å². The van der Waals surface area contributed by atoms with Crippen molar-refractivity contribution in [2.45, 2.75) is 19.4 Å². The third-order valence-electron chi connectivity index (χ3n) is 4.69. The second-order valence-electron chi connectivity index (χ2n) is 6.43. The average molecular weight is 392 g/mol. The summed E-state index contributed by atoms with van der Waals surface area (Å²) in [6.07, 6.45) is 0.439. The van der Waals surface area contributed by atoms with Crippen molar-refractivity contribution in [2.24, 2.45) is 0 Å². The maximum Gasteiger partial charge on any atom is 0.232 e. The van der Waals surface area contributed by atoms with Gasteiger partial charge < -0.3 is 4.90 Å². The molecule has 1 aliphatic rings. The first kappa shape index (κ1) is 16.1. The summed E-state index contributed by atoms with van der Waals surface area (Å²) in [6, 6.07) is 24.5. The highest BCUT2D eigenvalue weighted by Crippen LogP contribution is 2.39. The summed E-state index contributed by atoms with van der Waals surface area (Å²) in [6.45, 7) is 2.06. The van der Waals surface area contributed by atoms with E-state index < -0.39 is 0 Å². The minimum atomic E-state index is -0.113. The molecule has 25 heavy (non-hydrogen) atoms. The summed E-state index contributed by atoms with van der Waals surface area (Å²) in [7, 11) is 0. The zero-order valence-corrected chi connectivity index (χ0v) is 15.5. The maximum absolute atomic E-state index is 13.0. The minimum absolute atomic E-state index is 0.113. The molecule has 0 saturated carbocycles. The van der Waals surface area contributed by atoms with Gasteiger partial charge in [-0.05, 0) is 47.9 Å². The molecule has 0 unspecified atom stereocenters. The molecule has 0 N–H and O–H groups in total. The van der Waals surface area contributed by atoms with Gasteiger partial charge >= 0.3 is 0 Å². The number of hydrogen-bond donors (Lipinski definition) is 0. The number of amides is 1. The highest BCUT2D eigenvalue weighted by Gasteiger charge is 2.34. The molecule has 0 fully saturated rings. The molecule has 1 aliphatic heterocycles. The van der Waals surface area contributed by atoms with E-state index in [0.29, 0.717) is 6.42 Å². The maximum atomic E-state index is 13.0. The van der Waals surface area contributed by atoms with E-state index in [0.717, 1.165) is 21.3 Å². The second-order valence-corrected chi connectivity index (χ2v) is 7.35. The Hall–Kier alpha value is -2.39. The first-order valence-electron chi connectivity index (χ1n) is 8.35. The van der Waals surface area contributed by atoms with Crippen molar-refractivity contribution in [3.05, 3.63) is 99.5 Å². The van der Waals surface area contributed by atoms with E-state index in [2.05, 4.69) is 59.3 Å². The standard InChI is InChI=1S/C22H18BrNO/c1-15-9-11-19(12-10-15)24-21(25)14-16-5-2-3-8-20(16)22(24)17-6-4-7-18(23)13-17/h2-13,22H,14H2,1H3/t22-/m0/s1.